The monoisotopic (exact) mass is 512 g/mol. The fourth-order valence-electron chi connectivity index (χ4n) is 3.67. The average Bonchev–Trinajstić information content (AvgIpc) is 2.91. The van der Waals surface area contributed by atoms with Gasteiger partial charge in [0.15, 0.2) is 6.61 Å². The number of aryl methyl sites for hydroxylation is 1. The summed E-state index contributed by atoms with van der Waals surface area (Å²) in [6, 6.07) is 23.3. The van der Waals surface area contributed by atoms with Crippen LogP contribution in [0.1, 0.15) is 42.5 Å². The summed E-state index contributed by atoms with van der Waals surface area (Å²) in [4.78, 5) is 25.4. The topological polar surface area (TPSA) is 113 Å². The van der Waals surface area contributed by atoms with Crippen molar-refractivity contribution < 1.29 is 19.1 Å². The predicted molar refractivity (Wildman–Crippen MR) is 146 cm³/mol. The number of carbonyl (C=O) groups is 2. The van der Waals surface area contributed by atoms with Crippen molar-refractivity contribution >= 4 is 18.0 Å². The number of amides is 2. The second kappa shape index (κ2) is 14.2. The first-order valence-electron chi connectivity index (χ1n) is 12.4. The lowest BCUT2D eigenvalue weighted by Gasteiger charge is -2.19. The number of para-hydroxylation sites is 2. The molecule has 0 aliphatic rings. The maximum atomic E-state index is 12.9. The summed E-state index contributed by atoms with van der Waals surface area (Å²) >= 11 is 0. The Bertz CT molecular complexity index is 1310. The molecule has 1 atom stereocenters. The van der Waals surface area contributed by atoms with Gasteiger partial charge in [-0.25, -0.2) is 5.43 Å². The van der Waals surface area contributed by atoms with Gasteiger partial charge in [-0.15, -0.1) is 0 Å². The quantitative estimate of drug-likeness (QED) is 0.274. The third-order valence-electron chi connectivity index (χ3n) is 5.63. The van der Waals surface area contributed by atoms with Gasteiger partial charge in [0.1, 0.15) is 24.1 Å². The third-order valence-corrected chi connectivity index (χ3v) is 5.63. The fraction of sp³-hybridized carbons (Fsp3) is 0.267. The highest BCUT2D eigenvalue weighted by Crippen LogP contribution is 2.19. The molecule has 0 aromatic heterocycles. The lowest BCUT2D eigenvalue weighted by molar-refractivity contribution is -0.130. The first-order valence-corrected chi connectivity index (χ1v) is 12.4. The molecule has 3 aromatic carbocycles. The van der Waals surface area contributed by atoms with E-state index in [0.717, 1.165) is 11.1 Å². The van der Waals surface area contributed by atoms with E-state index < -0.39 is 17.9 Å². The molecule has 0 radical (unpaired) electrons. The number of rotatable bonds is 12. The van der Waals surface area contributed by atoms with E-state index in [1.807, 2.05) is 63.2 Å². The number of carbonyl (C=O) groups excluding carboxylic acids is 2. The van der Waals surface area contributed by atoms with Crippen LogP contribution in [0.4, 0.5) is 0 Å². The van der Waals surface area contributed by atoms with Crippen molar-refractivity contribution in [2.24, 2.45) is 11.0 Å². The normalized spacial score (nSPS) is 11.6. The Morgan fingerprint density at radius 1 is 0.974 bits per heavy atom. The van der Waals surface area contributed by atoms with Crippen LogP contribution in [0.3, 0.4) is 0 Å². The summed E-state index contributed by atoms with van der Waals surface area (Å²) < 4.78 is 11.5. The van der Waals surface area contributed by atoms with Gasteiger partial charge in [0.2, 0.25) is 0 Å². The molecular weight excluding hydrogens is 480 g/mol. The number of hydrogen-bond donors (Lipinski definition) is 2. The summed E-state index contributed by atoms with van der Waals surface area (Å²) in [5, 5.41) is 16.1. The van der Waals surface area contributed by atoms with Gasteiger partial charge in [-0.1, -0.05) is 62.4 Å². The van der Waals surface area contributed by atoms with Crippen molar-refractivity contribution in [3.05, 3.63) is 95.1 Å². The van der Waals surface area contributed by atoms with E-state index >= 15 is 0 Å². The van der Waals surface area contributed by atoms with Crippen molar-refractivity contribution in [2.75, 3.05) is 6.61 Å². The Kier molecular flexibility index (Phi) is 10.4. The lowest BCUT2D eigenvalue weighted by Crippen LogP contribution is -2.47. The maximum absolute atomic E-state index is 12.9. The highest BCUT2D eigenvalue weighted by atomic mass is 16.5. The number of benzene rings is 3. The molecule has 0 bridgehead atoms. The first-order chi connectivity index (χ1) is 18.4. The van der Waals surface area contributed by atoms with Crippen LogP contribution in [0.5, 0.6) is 11.5 Å². The fourth-order valence-corrected chi connectivity index (χ4v) is 3.67. The van der Waals surface area contributed by atoms with Gasteiger partial charge < -0.3 is 14.8 Å². The van der Waals surface area contributed by atoms with Crippen LogP contribution < -0.4 is 20.2 Å². The SMILES string of the molecule is Cc1ccccc1OCC(=O)N[C@@H](CC(C)C)C(=O)N/N=C\c1ccccc1OCc1ccccc1C#N. The number of nitrogens with zero attached hydrogens (tertiary/aromatic N) is 2. The van der Waals surface area contributed by atoms with E-state index in [4.69, 9.17) is 9.47 Å². The van der Waals surface area contributed by atoms with Gasteiger partial charge in [-0.3, -0.25) is 9.59 Å². The lowest BCUT2D eigenvalue weighted by atomic mass is 10.0. The van der Waals surface area contributed by atoms with Crippen LogP contribution in [-0.4, -0.2) is 30.7 Å². The predicted octanol–water partition coefficient (Wildman–Crippen LogP) is 4.51. The smallest absolute Gasteiger partial charge is 0.262 e. The standard InChI is InChI=1S/C30H32N4O4/c1-21(2)16-26(33-29(35)20-38-27-14-8-4-10-22(27)3)30(36)34-32-18-24-12-7-9-15-28(24)37-19-25-13-6-5-11-23(25)17-31/h4-15,18,21,26H,16,19-20H2,1-3H3,(H,33,35)(H,34,36)/b32-18-/t26-/m0/s1. The van der Waals surface area contributed by atoms with E-state index in [-0.39, 0.29) is 19.1 Å². The second-order valence-electron chi connectivity index (χ2n) is 9.13. The molecule has 8 heteroatoms. The zero-order valence-corrected chi connectivity index (χ0v) is 21.8. The van der Waals surface area contributed by atoms with E-state index in [2.05, 4.69) is 21.9 Å². The van der Waals surface area contributed by atoms with Crippen LogP contribution in [0.15, 0.2) is 77.9 Å². The van der Waals surface area contributed by atoms with E-state index in [1.165, 1.54) is 6.21 Å². The van der Waals surface area contributed by atoms with E-state index in [0.29, 0.717) is 29.0 Å². The van der Waals surface area contributed by atoms with Crippen molar-refractivity contribution in [3.8, 4) is 17.6 Å². The summed E-state index contributed by atoms with van der Waals surface area (Å²) in [5.41, 5.74) is 5.41. The molecule has 0 aliphatic carbocycles. The van der Waals surface area contributed by atoms with Crippen LogP contribution in [0, 0.1) is 24.2 Å². The molecule has 0 saturated carbocycles. The average molecular weight is 513 g/mol. The van der Waals surface area contributed by atoms with E-state index in [1.54, 1.807) is 30.3 Å². The summed E-state index contributed by atoms with van der Waals surface area (Å²) in [7, 11) is 0. The zero-order chi connectivity index (χ0) is 27.3. The molecule has 3 rings (SSSR count). The molecule has 2 N–H and O–H groups in total. The largest absolute Gasteiger partial charge is 0.488 e. The Balaban J connectivity index is 1.59. The molecule has 38 heavy (non-hydrogen) atoms. The highest BCUT2D eigenvalue weighted by Gasteiger charge is 2.22. The molecular formula is C30H32N4O4. The number of ether oxygens (including phenoxy) is 2. The molecule has 0 fully saturated rings. The molecule has 0 aliphatic heterocycles. The molecule has 0 unspecified atom stereocenters. The van der Waals surface area contributed by atoms with Crippen LogP contribution in [0.2, 0.25) is 0 Å². The Morgan fingerprint density at radius 3 is 2.39 bits per heavy atom. The Morgan fingerprint density at radius 2 is 1.66 bits per heavy atom. The van der Waals surface area contributed by atoms with Crippen molar-refractivity contribution in [1.82, 2.24) is 10.7 Å². The molecule has 196 valence electrons. The molecule has 3 aromatic rings. The minimum atomic E-state index is -0.769. The molecule has 2 amide bonds. The summed E-state index contributed by atoms with van der Waals surface area (Å²) in [5.74, 6) is 0.514. The van der Waals surface area contributed by atoms with Crippen LogP contribution in [-0.2, 0) is 16.2 Å². The number of hydrazone groups is 1. The maximum Gasteiger partial charge on any atom is 0.262 e. The van der Waals surface area contributed by atoms with Gasteiger partial charge in [0, 0.05) is 11.1 Å². The van der Waals surface area contributed by atoms with Crippen molar-refractivity contribution in [3.63, 3.8) is 0 Å². The summed E-state index contributed by atoms with van der Waals surface area (Å²) in [6.07, 6.45) is 1.93. The minimum absolute atomic E-state index is 0.165. The Hall–Kier alpha value is -4.64. The number of nitriles is 1. The second-order valence-corrected chi connectivity index (χ2v) is 9.13. The minimum Gasteiger partial charge on any atom is -0.488 e. The van der Waals surface area contributed by atoms with Crippen LogP contribution >= 0.6 is 0 Å². The van der Waals surface area contributed by atoms with E-state index in [9.17, 15) is 14.9 Å². The van der Waals surface area contributed by atoms with Crippen molar-refractivity contribution in [1.29, 1.82) is 5.26 Å². The number of nitrogens with one attached hydrogen (secondary N) is 2. The number of hydrogen-bond acceptors (Lipinski definition) is 6. The van der Waals surface area contributed by atoms with Crippen LogP contribution in [0.25, 0.3) is 0 Å². The first kappa shape index (κ1) is 27.9. The van der Waals surface area contributed by atoms with Gasteiger partial charge >= 0.3 is 0 Å². The van der Waals surface area contributed by atoms with Crippen molar-refractivity contribution in [2.45, 2.75) is 39.8 Å². The summed E-state index contributed by atoms with van der Waals surface area (Å²) in [6.45, 7) is 5.85. The molecule has 0 spiro atoms. The third kappa shape index (κ3) is 8.49. The molecule has 0 saturated heterocycles. The molecule has 8 nitrogen and oxygen atoms in total. The van der Waals surface area contributed by atoms with Gasteiger partial charge in [-0.2, -0.15) is 10.4 Å². The van der Waals surface area contributed by atoms with Gasteiger partial charge in [0.25, 0.3) is 11.8 Å². The zero-order valence-electron chi connectivity index (χ0n) is 21.8. The van der Waals surface area contributed by atoms with Gasteiger partial charge in [-0.05, 0) is 49.1 Å². The Labute approximate surface area is 223 Å². The highest BCUT2D eigenvalue weighted by molar-refractivity contribution is 5.89. The van der Waals surface area contributed by atoms with Gasteiger partial charge in [0.05, 0.1) is 17.8 Å². The molecule has 0 heterocycles.